The van der Waals surface area contributed by atoms with Gasteiger partial charge >= 0.3 is 0 Å². The molecule has 0 fully saturated rings. The van der Waals surface area contributed by atoms with Crippen LogP contribution in [-0.2, 0) is 0 Å². The molecule has 2 aromatic carbocycles. The van der Waals surface area contributed by atoms with Gasteiger partial charge in [-0.3, -0.25) is 0 Å². The first-order valence-electron chi connectivity index (χ1n) is 9.67. The number of rotatable bonds is 1. The van der Waals surface area contributed by atoms with E-state index in [1.54, 1.807) is 41.5 Å². The highest BCUT2D eigenvalue weighted by atomic mass is 31.2. The topological polar surface area (TPSA) is 0 Å². The Morgan fingerprint density at radius 3 is 1.19 bits per heavy atom. The van der Waals surface area contributed by atoms with Crippen LogP contribution in [0.4, 0.5) is 39.5 Å². The van der Waals surface area contributed by atoms with Gasteiger partial charge in [-0.2, -0.15) is 4.39 Å². The third-order valence-corrected chi connectivity index (χ3v) is 13.0. The highest BCUT2D eigenvalue weighted by Crippen LogP contribution is 2.77. The number of fused-ring (bicyclic) bond motifs is 1. The van der Waals surface area contributed by atoms with Crippen molar-refractivity contribution in [2.24, 2.45) is 0 Å². The molecule has 11 heteroatoms. The van der Waals surface area contributed by atoms with Gasteiger partial charge in [-0.05, 0) is 41.5 Å². The first-order valence-corrected chi connectivity index (χ1v) is 11.6. The predicted octanol–water partition coefficient (Wildman–Crippen LogP) is 5.34. The van der Waals surface area contributed by atoms with E-state index in [0.717, 1.165) is 0 Å². The van der Waals surface area contributed by atoms with Crippen molar-refractivity contribution >= 4 is 30.2 Å². The Balaban J connectivity index is 2.58. The summed E-state index contributed by atoms with van der Waals surface area (Å²) in [5.74, 6) is -19.3. The zero-order valence-electron chi connectivity index (χ0n) is 18.1. The summed E-state index contributed by atoms with van der Waals surface area (Å²) in [4.78, 5) is 0. The molecule has 0 saturated carbocycles. The van der Waals surface area contributed by atoms with Crippen LogP contribution in [0.2, 0.25) is 0 Å². The third-order valence-electron chi connectivity index (χ3n) is 6.35. The summed E-state index contributed by atoms with van der Waals surface area (Å²) in [6, 6.07) is -0.440. The van der Waals surface area contributed by atoms with Gasteiger partial charge in [-0.1, -0.05) is 0 Å². The molecule has 0 spiro atoms. The quantitative estimate of drug-likeness (QED) is 0.168. The average Bonchev–Trinajstić information content (AvgIpc) is 3.05. The Kier molecular flexibility index (Phi) is 5.77. The van der Waals surface area contributed by atoms with Gasteiger partial charge in [0.2, 0.25) is 11.6 Å². The zero-order valence-corrected chi connectivity index (χ0v) is 19.0. The van der Waals surface area contributed by atoms with Gasteiger partial charge in [0, 0.05) is 10.9 Å². The summed E-state index contributed by atoms with van der Waals surface area (Å²) in [6.45, 7) is 7.89. The van der Waals surface area contributed by atoms with Crippen LogP contribution in [0, 0.1) is 52.4 Å². The van der Waals surface area contributed by atoms with E-state index in [1.807, 2.05) is 0 Å². The average molecular weight is 485 g/mol. The number of benzene rings is 2. The van der Waals surface area contributed by atoms with Crippen molar-refractivity contribution in [2.75, 3.05) is 6.06 Å². The SMILES string of the molecule is CC(C)(C)[P+]1(C(C)(C)C)CB(c2c(F)c(F)c(F)c(F)c2F)c2c(F)c(F)c(F)c(F)c21. The second-order valence-corrected chi connectivity index (χ2v) is 15.0. The minimum atomic E-state index is -3.21. The van der Waals surface area contributed by atoms with Gasteiger partial charge in [-0.15, -0.1) is 0 Å². The summed E-state index contributed by atoms with van der Waals surface area (Å²) < 4.78 is 130. The van der Waals surface area contributed by atoms with E-state index >= 15 is 8.78 Å². The fourth-order valence-corrected chi connectivity index (χ4v) is 11.8. The van der Waals surface area contributed by atoms with Crippen LogP contribution in [-0.4, -0.2) is 23.1 Å². The first kappa shape index (κ1) is 24.9. The van der Waals surface area contributed by atoms with E-state index in [1.165, 1.54) is 0 Å². The molecule has 0 N–H and O–H groups in total. The van der Waals surface area contributed by atoms with Crippen molar-refractivity contribution in [2.45, 2.75) is 51.9 Å². The highest BCUT2D eigenvalue weighted by Gasteiger charge is 2.69. The maximum absolute atomic E-state index is 15.3. The summed E-state index contributed by atoms with van der Waals surface area (Å²) in [5, 5.41) is -2.42. The van der Waals surface area contributed by atoms with Gasteiger partial charge in [0.05, 0.1) is 23.6 Å². The molecule has 0 unspecified atom stereocenters. The molecule has 0 amide bonds. The molecule has 2 aromatic rings. The Hall–Kier alpha value is -1.70. The van der Waals surface area contributed by atoms with Crippen LogP contribution < -0.4 is 16.2 Å². The van der Waals surface area contributed by atoms with Crippen LogP contribution in [0.3, 0.4) is 0 Å². The standard InChI is InChI=1S/C21H20BF9P/c1-20(2,3)32(21(4,5)6)7-22(8-10(23)13(26)16(29)14(27)11(8)24)9-12(25)15(28)17(30)18(31)19(9)32/h7H2,1-6H3/q+1. The van der Waals surface area contributed by atoms with Gasteiger partial charge in [0.25, 0.3) is 6.71 Å². The summed E-state index contributed by atoms with van der Waals surface area (Å²) in [7, 11) is -3.21. The molecule has 0 radical (unpaired) electrons. The molecule has 1 aliphatic heterocycles. The van der Waals surface area contributed by atoms with Crippen LogP contribution in [0.15, 0.2) is 0 Å². The number of hydrogen-bond acceptors (Lipinski definition) is 0. The van der Waals surface area contributed by atoms with E-state index in [-0.39, 0.29) is 0 Å². The molecule has 0 nitrogen and oxygen atoms in total. The molecule has 1 heterocycles. The molecule has 0 aliphatic carbocycles. The number of halogens is 9. The Labute approximate surface area is 180 Å². The Morgan fingerprint density at radius 2 is 0.812 bits per heavy atom. The lowest BCUT2D eigenvalue weighted by Crippen LogP contribution is -2.51. The van der Waals surface area contributed by atoms with E-state index in [2.05, 4.69) is 0 Å². The van der Waals surface area contributed by atoms with Gasteiger partial charge in [0.15, 0.2) is 40.7 Å². The molecule has 0 saturated heterocycles. The van der Waals surface area contributed by atoms with Crippen molar-refractivity contribution in [3.8, 4) is 0 Å². The minimum Gasteiger partial charge on any atom is -0.204 e. The number of hydrogen-bond donors (Lipinski definition) is 0. The molecular weight excluding hydrogens is 465 g/mol. The van der Waals surface area contributed by atoms with Gasteiger partial charge in [-0.25, -0.2) is 35.1 Å². The van der Waals surface area contributed by atoms with Gasteiger partial charge < -0.3 is 0 Å². The lowest BCUT2D eigenvalue weighted by molar-refractivity contribution is 0.384. The van der Waals surface area contributed by atoms with Crippen LogP contribution >= 0.6 is 7.26 Å². The highest BCUT2D eigenvalue weighted by molar-refractivity contribution is 7.89. The van der Waals surface area contributed by atoms with Gasteiger partial charge in [0.1, 0.15) is 5.30 Å². The van der Waals surface area contributed by atoms with E-state index in [4.69, 9.17) is 0 Å². The second-order valence-electron chi connectivity index (χ2n) is 9.89. The summed E-state index contributed by atoms with van der Waals surface area (Å²) in [6.07, 6.45) is 0. The second kappa shape index (κ2) is 7.41. The normalized spacial score (nSPS) is 16.0. The maximum Gasteiger partial charge on any atom is 0.269 e. The van der Waals surface area contributed by atoms with Crippen molar-refractivity contribution in [1.82, 2.24) is 0 Å². The fourth-order valence-electron chi connectivity index (χ4n) is 5.17. The predicted molar refractivity (Wildman–Crippen MR) is 108 cm³/mol. The van der Waals surface area contributed by atoms with Crippen LogP contribution in [0.25, 0.3) is 0 Å². The Bertz CT molecular complexity index is 1090. The fraction of sp³-hybridized carbons (Fsp3) is 0.429. The largest absolute Gasteiger partial charge is 0.269 e. The summed E-state index contributed by atoms with van der Waals surface area (Å²) in [5.41, 5.74) is -2.29. The lowest BCUT2D eigenvalue weighted by atomic mass is 9.42. The Morgan fingerprint density at radius 1 is 0.500 bits per heavy atom. The van der Waals surface area contributed by atoms with Crippen molar-refractivity contribution in [1.29, 1.82) is 0 Å². The smallest absolute Gasteiger partial charge is 0.204 e. The van der Waals surface area contributed by atoms with Crippen molar-refractivity contribution in [3.63, 3.8) is 0 Å². The summed E-state index contributed by atoms with van der Waals surface area (Å²) >= 11 is 0. The molecule has 174 valence electrons. The molecule has 0 bridgehead atoms. The molecule has 3 rings (SSSR count). The molecule has 32 heavy (non-hydrogen) atoms. The zero-order chi connectivity index (χ0) is 24.7. The molecular formula is C21H20BF9P+. The van der Waals surface area contributed by atoms with Crippen LogP contribution in [0.5, 0.6) is 0 Å². The minimum absolute atomic E-state index is 0.440. The first-order chi connectivity index (χ1) is 14.4. The maximum atomic E-state index is 15.3. The molecule has 1 aliphatic rings. The van der Waals surface area contributed by atoms with Crippen molar-refractivity contribution in [3.05, 3.63) is 52.4 Å². The van der Waals surface area contributed by atoms with Crippen molar-refractivity contribution < 1.29 is 39.5 Å². The third kappa shape index (κ3) is 3.04. The molecule has 0 aromatic heterocycles. The molecule has 0 atom stereocenters. The lowest BCUT2D eigenvalue weighted by Gasteiger charge is -2.45. The van der Waals surface area contributed by atoms with Crippen LogP contribution in [0.1, 0.15) is 41.5 Å². The monoisotopic (exact) mass is 485 g/mol. The van der Waals surface area contributed by atoms with E-state index < -0.39 is 98.9 Å². The van der Waals surface area contributed by atoms with E-state index in [9.17, 15) is 30.7 Å². The van der Waals surface area contributed by atoms with E-state index in [0.29, 0.717) is 0 Å².